The second-order valence-corrected chi connectivity index (χ2v) is 4.16. The number of anilines is 2. The van der Waals surface area contributed by atoms with Crippen LogP contribution in [0.3, 0.4) is 0 Å². The van der Waals surface area contributed by atoms with Crippen molar-refractivity contribution < 1.29 is 17.9 Å². The summed E-state index contributed by atoms with van der Waals surface area (Å²) in [6.45, 7) is 1.16. The van der Waals surface area contributed by atoms with Crippen LogP contribution in [0.4, 0.5) is 24.8 Å². The molecule has 108 valence electrons. The van der Waals surface area contributed by atoms with Gasteiger partial charge in [-0.2, -0.15) is 0 Å². The van der Waals surface area contributed by atoms with Crippen LogP contribution in [0.2, 0.25) is 0 Å². The average Bonchev–Trinajstić information content (AvgIpc) is 2.83. The van der Waals surface area contributed by atoms with Crippen molar-refractivity contribution >= 4 is 11.6 Å². The molecule has 1 aromatic heterocycles. The minimum Gasteiger partial charge on any atom is -0.385 e. The second kappa shape index (κ2) is 6.42. The lowest BCUT2D eigenvalue weighted by Crippen LogP contribution is -2.07. The Hall–Kier alpha value is -2.02. The van der Waals surface area contributed by atoms with Crippen molar-refractivity contribution in [2.75, 3.05) is 19.0 Å². The highest BCUT2D eigenvalue weighted by atomic mass is 19.2. The molecule has 0 amide bonds. The lowest BCUT2D eigenvalue weighted by atomic mass is 10.3. The molecule has 0 atom stereocenters. The number of benzene rings is 1. The van der Waals surface area contributed by atoms with Crippen molar-refractivity contribution in [3.8, 4) is 0 Å². The number of hydrogen-bond donors (Lipinski definition) is 1. The monoisotopic (exact) mass is 285 g/mol. The van der Waals surface area contributed by atoms with Crippen molar-refractivity contribution in [3.05, 3.63) is 42.0 Å². The van der Waals surface area contributed by atoms with Gasteiger partial charge < -0.3 is 14.6 Å². The van der Waals surface area contributed by atoms with Gasteiger partial charge in [-0.1, -0.05) is 0 Å². The van der Waals surface area contributed by atoms with Gasteiger partial charge in [0.25, 0.3) is 0 Å². The van der Waals surface area contributed by atoms with Crippen molar-refractivity contribution in [1.82, 2.24) is 9.55 Å². The van der Waals surface area contributed by atoms with Crippen LogP contribution in [0.1, 0.15) is 6.42 Å². The number of ether oxygens (including phenoxy) is 1. The van der Waals surface area contributed by atoms with Crippen molar-refractivity contribution in [2.45, 2.75) is 13.0 Å². The van der Waals surface area contributed by atoms with Gasteiger partial charge in [-0.15, -0.1) is 0 Å². The smallest absolute Gasteiger partial charge is 0.207 e. The lowest BCUT2D eigenvalue weighted by Gasteiger charge is -2.10. The SMILES string of the molecule is COCCCn1ccnc1Nc1cc(F)cc(F)c1F. The number of halogens is 3. The number of nitrogens with zero attached hydrogens (tertiary/aromatic N) is 2. The van der Waals surface area contributed by atoms with E-state index < -0.39 is 17.5 Å². The summed E-state index contributed by atoms with van der Waals surface area (Å²) < 4.78 is 46.4. The molecule has 0 aliphatic rings. The quantitative estimate of drug-likeness (QED) is 0.655. The van der Waals surface area contributed by atoms with Crippen molar-refractivity contribution in [1.29, 1.82) is 0 Å². The normalized spacial score (nSPS) is 10.8. The Kier molecular flexibility index (Phi) is 4.62. The van der Waals surface area contributed by atoms with Crippen LogP contribution in [0.15, 0.2) is 24.5 Å². The Balaban J connectivity index is 2.16. The molecule has 1 aromatic carbocycles. The fourth-order valence-electron chi connectivity index (χ4n) is 1.76. The number of hydrogen-bond acceptors (Lipinski definition) is 3. The zero-order valence-electron chi connectivity index (χ0n) is 10.9. The first kappa shape index (κ1) is 14.4. The fraction of sp³-hybridized carbons (Fsp3) is 0.308. The number of rotatable bonds is 6. The molecule has 0 saturated carbocycles. The van der Waals surface area contributed by atoms with Gasteiger partial charge in [-0.05, 0) is 6.42 Å². The topological polar surface area (TPSA) is 39.1 Å². The summed E-state index contributed by atoms with van der Waals surface area (Å²) in [7, 11) is 1.60. The predicted octanol–water partition coefficient (Wildman–Crippen LogP) is 3.08. The van der Waals surface area contributed by atoms with E-state index in [2.05, 4.69) is 10.3 Å². The van der Waals surface area contributed by atoms with Crippen LogP contribution in [0, 0.1) is 17.5 Å². The number of methoxy groups -OCH3 is 1. The Morgan fingerprint density at radius 3 is 2.85 bits per heavy atom. The largest absolute Gasteiger partial charge is 0.385 e. The summed E-state index contributed by atoms with van der Waals surface area (Å²) in [5.41, 5.74) is -0.290. The van der Waals surface area contributed by atoms with E-state index in [4.69, 9.17) is 4.74 Å². The number of aromatic nitrogens is 2. The zero-order valence-corrected chi connectivity index (χ0v) is 10.9. The Bertz CT molecular complexity index is 586. The van der Waals surface area contributed by atoms with Crippen LogP contribution in [-0.4, -0.2) is 23.3 Å². The summed E-state index contributed by atoms with van der Waals surface area (Å²) in [5.74, 6) is -2.93. The van der Waals surface area contributed by atoms with E-state index in [0.717, 1.165) is 12.5 Å². The maximum atomic E-state index is 13.6. The Labute approximate surface area is 114 Å². The standard InChI is InChI=1S/C13H14F3N3O/c1-20-6-2-4-19-5-3-17-13(19)18-11-8-9(14)7-10(15)12(11)16/h3,5,7-8H,2,4,6H2,1H3,(H,17,18). The third-order valence-electron chi connectivity index (χ3n) is 2.70. The van der Waals surface area contributed by atoms with E-state index in [0.29, 0.717) is 25.2 Å². The van der Waals surface area contributed by atoms with Crippen molar-refractivity contribution in [2.24, 2.45) is 0 Å². The van der Waals surface area contributed by atoms with Crippen LogP contribution >= 0.6 is 0 Å². The fourth-order valence-corrected chi connectivity index (χ4v) is 1.76. The maximum absolute atomic E-state index is 13.6. The minimum atomic E-state index is -1.25. The van der Waals surface area contributed by atoms with Gasteiger partial charge in [0.15, 0.2) is 11.6 Å². The summed E-state index contributed by atoms with van der Waals surface area (Å²) >= 11 is 0. The van der Waals surface area contributed by atoms with Crippen LogP contribution in [0.5, 0.6) is 0 Å². The van der Waals surface area contributed by atoms with Gasteiger partial charge in [-0.25, -0.2) is 18.2 Å². The van der Waals surface area contributed by atoms with Gasteiger partial charge in [0.05, 0.1) is 5.69 Å². The zero-order chi connectivity index (χ0) is 14.5. The molecule has 0 aliphatic heterocycles. The van der Waals surface area contributed by atoms with E-state index in [1.54, 1.807) is 17.9 Å². The van der Waals surface area contributed by atoms with Gasteiger partial charge >= 0.3 is 0 Å². The molecule has 20 heavy (non-hydrogen) atoms. The molecule has 0 radical (unpaired) electrons. The van der Waals surface area contributed by atoms with Crippen LogP contribution < -0.4 is 5.32 Å². The molecule has 0 fully saturated rings. The first-order valence-corrected chi connectivity index (χ1v) is 6.03. The maximum Gasteiger partial charge on any atom is 0.207 e. The molecule has 0 saturated heterocycles. The molecule has 7 heteroatoms. The molecule has 2 rings (SSSR count). The first-order valence-electron chi connectivity index (χ1n) is 6.03. The Morgan fingerprint density at radius 2 is 2.10 bits per heavy atom. The van der Waals surface area contributed by atoms with E-state index >= 15 is 0 Å². The molecule has 0 unspecified atom stereocenters. The molecular weight excluding hydrogens is 271 g/mol. The van der Waals surface area contributed by atoms with E-state index in [9.17, 15) is 13.2 Å². The Morgan fingerprint density at radius 1 is 1.30 bits per heavy atom. The highest BCUT2D eigenvalue weighted by Crippen LogP contribution is 2.22. The number of nitrogens with one attached hydrogen (secondary N) is 1. The molecule has 0 bridgehead atoms. The van der Waals surface area contributed by atoms with Gasteiger partial charge in [0, 0.05) is 44.8 Å². The summed E-state index contributed by atoms with van der Waals surface area (Å²) in [5, 5.41) is 2.59. The third-order valence-corrected chi connectivity index (χ3v) is 2.70. The minimum absolute atomic E-state index is 0.290. The summed E-state index contributed by atoms with van der Waals surface area (Å²) in [4.78, 5) is 3.99. The second-order valence-electron chi connectivity index (χ2n) is 4.16. The highest BCUT2D eigenvalue weighted by molar-refractivity contribution is 5.54. The van der Waals surface area contributed by atoms with Crippen molar-refractivity contribution in [3.63, 3.8) is 0 Å². The van der Waals surface area contributed by atoms with Gasteiger partial charge in [-0.3, -0.25) is 0 Å². The highest BCUT2D eigenvalue weighted by Gasteiger charge is 2.13. The number of aryl methyl sites for hydroxylation is 1. The van der Waals surface area contributed by atoms with Crippen LogP contribution in [0.25, 0.3) is 0 Å². The summed E-state index contributed by atoms with van der Waals surface area (Å²) in [6, 6.07) is 1.37. The lowest BCUT2D eigenvalue weighted by molar-refractivity contribution is 0.190. The van der Waals surface area contributed by atoms with E-state index in [1.165, 1.54) is 6.20 Å². The molecule has 0 spiro atoms. The van der Waals surface area contributed by atoms with Gasteiger partial charge in [0.2, 0.25) is 5.95 Å². The van der Waals surface area contributed by atoms with E-state index in [-0.39, 0.29) is 5.69 Å². The van der Waals surface area contributed by atoms with E-state index in [1.807, 2.05) is 0 Å². The molecule has 0 aliphatic carbocycles. The molecule has 1 heterocycles. The molecule has 1 N–H and O–H groups in total. The molecular formula is C13H14F3N3O. The first-order chi connectivity index (χ1) is 9.61. The molecule has 4 nitrogen and oxygen atoms in total. The van der Waals surface area contributed by atoms with Crippen LogP contribution in [-0.2, 0) is 11.3 Å². The molecule has 2 aromatic rings. The number of imidazole rings is 1. The summed E-state index contributed by atoms with van der Waals surface area (Å²) in [6.07, 6.45) is 3.94. The average molecular weight is 285 g/mol. The van der Waals surface area contributed by atoms with Gasteiger partial charge in [0.1, 0.15) is 5.82 Å². The third kappa shape index (κ3) is 3.30. The predicted molar refractivity (Wildman–Crippen MR) is 68.3 cm³/mol.